The lowest BCUT2D eigenvalue weighted by atomic mass is 10.1. The van der Waals surface area contributed by atoms with Crippen LogP contribution in [0.15, 0.2) is 66.7 Å². The van der Waals surface area contributed by atoms with Crippen LogP contribution >= 0.6 is 11.3 Å². The van der Waals surface area contributed by atoms with Crippen molar-refractivity contribution < 1.29 is 19.1 Å². The molecular formula is C30H28N4O4S. The van der Waals surface area contributed by atoms with E-state index >= 15 is 0 Å². The average molecular weight is 541 g/mol. The number of nitrogens with two attached hydrogens (primary N) is 1. The van der Waals surface area contributed by atoms with Gasteiger partial charge in [0.1, 0.15) is 18.1 Å². The van der Waals surface area contributed by atoms with Crippen LogP contribution in [0.4, 0.5) is 15.6 Å². The van der Waals surface area contributed by atoms with Crippen molar-refractivity contribution in [3.8, 4) is 22.8 Å². The van der Waals surface area contributed by atoms with Crippen LogP contribution in [0.25, 0.3) is 11.3 Å². The van der Waals surface area contributed by atoms with Gasteiger partial charge in [-0.15, -0.1) is 0 Å². The molecule has 1 saturated carbocycles. The number of benzene rings is 3. The van der Waals surface area contributed by atoms with E-state index in [2.05, 4.69) is 11.4 Å². The van der Waals surface area contributed by atoms with Crippen molar-refractivity contribution in [3.63, 3.8) is 0 Å². The summed E-state index contributed by atoms with van der Waals surface area (Å²) in [6, 6.07) is 20.6. The molecule has 3 aromatic carbocycles. The minimum absolute atomic E-state index is 0.291. The number of hydrogen-bond acceptors (Lipinski definition) is 6. The van der Waals surface area contributed by atoms with Crippen LogP contribution in [0.5, 0.6) is 11.5 Å². The summed E-state index contributed by atoms with van der Waals surface area (Å²) >= 11 is 1.13. The summed E-state index contributed by atoms with van der Waals surface area (Å²) in [5, 5.41) is 3.32. The number of anilines is 2. The van der Waals surface area contributed by atoms with Gasteiger partial charge in [-0.2, -0.15) is 0 Å². The Morgan fingerprint density at radius 1 is 1.03 bits per heavy atom. The van der Waals surface area contributed by atoms with Crippen molar-refractivity contribution >= 4 is 34.1 Å². The quantitative estimate of drug-likeness (QED) is 0.303. The molecule has 0 bridgehead atoms. The van der Waals surface area contributed by atoms with Crippen molar-refractivity contribution in [2.45, 2.75) is 32.2 Å². The van der Waals surface area contributed by atoms with Gasteiger partial charge in [0, 0.05) is 12.1 Å². The number of ether oxygens (including phenoxy) is 2. The molecule has 2 aliphatic rings. The number of hydrogen-bond donors (Lipinski definition) is 2. The summed E-state index contributed by atoms with van der Waals surface area (Å²) in [6.45, 7) is 3.21. The molecule has 0 spiro atoms. The molecular weight excluding hydrogens is 512 g/mol. The fraction of sp³-hybridized carbons (Fsp3) is 0.233. The van der Waals surface area contributed by atoms with Crippen molar-refractivity contribution in [2.24, 2.45) is 5.73 Å². The van der Waals surface area contributed by atoms with Crippen LogP contribution < -0.4 is 25.4 Å². The topological polar surface area (TPSA) is 107 Å². The number of nitrogens with zero attached hydrogens (tertiary/aromatic N) is 2. The predicted octanol–water partition coefficient (Wildman–Crippen LogP) is 5.91. The van der Waals surface area contributed by atoms with Gasteiger partial charge in [0.15, 0.2) is 16.6 Å². The lowest BCUT2D eigenvalue weighted by molar-refractivity contribution is 0.0955. The number of aromatic nitrogens is 1. The molecule has 1 aliphatic heterocycles. The number of urea groups is 1. The van der Waals surface area contributed by atoms with Gasteiger partial charge in [0.2, 0.25) is 0 Å². The molecule has 0 saturated heterocycles. The van der Waals surface area contributed by atoms with E-state index in [1.165, 1.54) is 10.5 Å². The minimum atomic E-state index is -0.662. The van der Waals surface area contributed by atoms with Gasteiger partial charge in [0.05, 0.1) is 11.4 Å². The zero-order valence-electron chi connectivity index (χ0n) is 21.5. The third-order valence-electron chi connectivity index (χ3n) is 6.87. The van der Waals surface area contributed by atoms with Gasteiger partial charge in [-0.3, -0.25) is 4.79 Å². The van der Waals surface area contributed by atoms with Gasteiger partial charge in [-0.05, 0) is 66.6 Å². The Balaban J connectivity index is 1.42. The average Bonchev–Trinajstić information content (AvgIpc) is 3.72. The Bertz CT molecular complexity index is 1550. The Kier molecular flexibility index (Phi) is 6.66. The Morgan fingerprint density at radius 2 is 1.79 bits per heavy atom. The van der Waals surface area contributed by atoms with Crippen LogP contribution in [0, 0.1) is 6.92 Å². The fourth-order valence-electron chi connectivity index (χ4n) is 4.66. The molecule has 6 rings (SSSR count). The standard InChI is InChI=1S/C30H28N4O4S/c1-18-7-8-21(20-9-10-20)15-23(18)34(29(31)36)30-33-26(22-11-12-24-25(16-22)38-14-13-37-24)27(39-30)28(35)32-17-19-5-3-2-4-6-19/h2-8,11-12,15-16,20H,9-10,13-14,17H2,1H3,(H2,31,36)(H,32,35). The maximum atomic E-state index is 13.5. The SMILES string of the molecule is Cc1ccc(C2CC2)cc1N(C(N)=O)c1nc(-c2ccc3c(c2)OCCO3)c(C(=O)NCc2ccccc2)s1. The zero-order chi connectivity index (χ0) is 26.9. The summed E-state index contributed by atoms with van der Waals surface area (Å²) in [5.74, 6) is 1.44. The number of fused-ring (bicyclic) bond motifs is 1. The molecule has 39 heavy (non-hydrogen) atoms. The van der Waals surface area contributed by atoms with Crippen molar-refractivity contribution in [1.29, 1.82) is 0 Å². The second kappa shape index (κ2) is 10.4. The highest BCUT2D eigenvalue weighted by Crippen LogP contribution is 2.44. The molecule has 8 nitrogen and oxygen atoms in total. The van der Waals surface area contributed by atoms with Gasteiger partial charge in [0.25, 0.3) is 5.91 Å². The monoisotopic (exact) mass is 540 g/mol. The van der Waals surface area contributed by atoms with E-state index in [0.29, 0.717) is 64.1 Å². The van der Waals surface area contributed by atoms with Crippen LogP contribution in [0.1, 0.15) is 45.1 Å². The minimum Gasteiger partial charge on any atom is -0.486 e. The van der Waals surface area contributed by atoms with Gasteiger partial charge >= 0.3 is 6.03 Å². The zero-order valence-corrected chi connectivity index (χ0v) is 22.3. The highest BCUT2D eigenvalue weighted by atomic mass is 32.1. The van der Waals surface area contributed by atoms with Crippen LogP contribution in [-0.2, 0) is 6.54 Å². The van der Waals surface area contributed by atoms with Crippen LogP contribution in [0.3, 0.4) is 0 Å². The second-order valence-electron chi connectivity index (χ2n) is 9.69. The lowest BCUT2D eigenvalue weighted by Gasteiger charge is -2.20. The number of nitrogens with one attached hydrogen (secondary N) is 1. The van der Waals surface area contributed by atoms with E-state index in [1.807, 2.05) is 67.6 Å². The van der Waals surface area contributed by atoms with E-state index in [-0.39, 0.29) is 5.91 Å². The van der Waals surface area contributed by atoms with E-state index in [9.17, 15) is 9.59 Å². The summed E-state index contributed by atoms with van der Waals surface area (Å²) in [5.41, 5.74) is 10.8. The van der Waals surface area contributed by atoms with E-state index in [1.54, 1.807) is 0 Å². The number of thiazole rings is 1. The van der Waals surface area contributed by atoms with Crippen molar-refractivity contribution in [3.05, 3.63) is 88.3 Å². The first-order valence-corrected chi connectivity index (χ1v) is 13.7. The first kappa shape index (κ1) is 24.9. The Labute approximate surface area is 230 Å². The lowest BCUT2D eigenvalue weighted by Crippen LogP contribution is -2.32. The molecule has 0 unspecified atom stereocenters. The highest BCUT2D eigenvalue weighted by molar-refractivity contribution is 7.18. The predicted molar refractivity (Wildman–Crippen MR) is 151 cm³/mol. The first-order chi connectivity index (χ1) is 19.0. The number of carbonyl (C=O) groups is 2. The summed E-state index contributed by atoms with van der Waals surface area (Å²) in [6.07, 6.45) is 2.27. The normalized spacial score (nSPS) is 14.1. The van der Waals surface area contributed by atoms with Crippen LogP contribution in [-0.4, -0.2) is 30.1 Å². The highest BCUT2D eigenvalue weighted by Gasteiger charge is 2.29. The maximum absolute atomic E-state index is 13.5. The molecule has 1 fully saturated rings. The van der Waals surface area contributed by atoms with E-state index in [0.717, 1.165) is 35.3 Å². The Morgan fingerprint density at radius 3 is 2.54 bits per heavy atom. The molecule has 9 heteroatoms. The molecule has 3 amide bonds. The van der Waals surface area contributed by atoms with E-state index < -0.39 is 6.03 Å². The molecule has 1 aromatic heterocycles. The summed E-state index contributed by atoms with van der Waals surface area (Å²) < 4.78 is 11.4. The molecule has 3 N–H and O–H groups in total. The molecule has 198 valence electrons. The first-order valence-electron chi connectivity index (χ1n) is 12.9. The molecule has 4 aromatic rings. The van der Waals surface area contributed by atoms with Crippen molar-refractivity contribution in [1.82, 2.24) is 10.3 Å². The van der Waals surface area contributed by atoms with Gasteiger partial charge in [-0.1, -0.05) is 53.8 Å². The number of rotatable bonds is 7. The molecule has 2 heterocycles. The number of amides is 3. The van der Waals surface area contributed by atoms with Crippen LogP contribution in [0.2, 0.25) is 0 Å². The Hall–Kier alpha value is -4.37. The summed E-state index contributed by atoms with van der Waals surface area (Å²) in [4.78, 5) is 33.0. The third-order valence-corrected chi connectivity index (χ3v) is 7.91. The largest absolute Gasteiger partial charge is 0.486 e. The number of aryl methyl sites for hydroxylation is 1. The molecule has 1 aliphatic carbocycles. The summed E-state index contributed by atoms with van der Waals surface area (Å²) in [7, 11) is 0. The van der Waals surface area contributed by atoms with E-state index in [4.69, 9.17) is 20.2 Å². The second-order valence-corrected chi connectivity index (χ2v) is 10.7. The maximum Gasteiger partial charge on any atom is 0.325 e. The number of primary amides is 1. The van der Waals surface area contributed by atoms with Crippen molar-refractivity contribution in [2.75, 3.05) is 18.1 Å². The third kappa shape index (κ3) is 5.18. The van der Waals surface area contributed by atoms with Gasteiger partial charge < -0.3 is 20.5 Å². The smallest absolute Gasteiger partial charge is 0.325 e. The number of carbonyl (C=O) groups excluding carboxylic acids is 2. The molecule has 0 radical (unpaired) electrons. The fourth-order valence-corrected chi connectivity index (χ4v) is 5.68. The molecule has 0 atom stereocenters. The van der Waals surface area contributed by atoms with Gasteiger partial charge in [-0.25, -0.2) is 14.7 Å².